The van der Waals surface area contributed by atoms with Gasteiger partial charge in [0.1, 0.15) is 11.6 Å². The minimum atomic E-state index is 0.721. The Kier molecular flexibility index (Phi) is 3.92. The summed E-state index contributed by atoms with van der Waals surface area (Å²) in [6.45, 7) is 0. The molecule has 0 atom stereocenters. The first kappa shape index (κ1) is 14.8. The molecule has 3 aromatic rings. The smallest absolute Gasteiger partial charge is 0.211 e. The minimum absolute atomic E-state index is 0.721. The Bertz CT molecular complexity index is 874. The van der Waals surface area contributed by atoms with Crippen molar-refractivity contribution >= 4 is 23.3 Å². The maximum absolute atomic E-state index is 5.17. The van der Waals surface area contributed by atoms with Crippen LogP contribution in [-0.2, 0) is 0 Å². The molecule has 2 aromatic carbocycles. The van der Waals surface area contributed by atoms with Gasteiger partial charge >= 0.3 is 0 Å². The molecular formula is C17H15N5OS. The van der Waals surface area contributed by atoms with Crippen molar-refractivity contribution in [1.29, 1.82) is 0 Å². The van der Waals surface area contributed by atoms with Crippen LogP contribution in [0, 0.1) is 0 Å². The van der Waals surface area contributed by atoms with Crippen molar-refractivity contribution in [2.45, 2.75) is 5.16 Å². The van der Waals surface area contributed by atoms with E-state index in [2.05, 4.69) is 20.6 Å². The monoisotopic (exact) mass is 337 g/mol. The Morgan fingerprint density at radius 1 is 1.08 bits per heavy atom. The summed E-state index contributed by atoms with van der Waals surface area (Å²) in [6.07, 6.45) is 0. The third-order valence-electron chi connectivity index (χ3n) is 3.58. The van der Waals surface area contributed by atoms with Gasteiger partial charge < -0.3 is 4.74 Å². The summed E-state index contributed by atoms with van der Waals surface area (Å²) in [7, 11) is 1.65. The first-order valence-corrected chi connectivity index (χ1v) is 8.44. The van der Waals surface area contributed by atoms with Gasteiger partial charge in [-0.2, -0.15) is 0 Å². The number of fused-ring (bicyclic) bond motifs is 1. The molecule has 7 heteroatoms. The van der Waals surface area contributed by atoms with E-state index in [1.54, 1.807) is 18.9 Å². The van der Waals surface area contributed by atoms with Crippen LogP contribution in [0.15, 0.2) is 64.7 Å². The van der Waals surface area contributed by atoms with E-state index >= 15 is 0 Å². The van der Waals surface area contributed by atoms with Crippen LogP contribution in [0.25, 0.3) is 11.4 Å². The van der Waals surface area contributed by atoms with Crippen LogP contribution in [0.5, 0.6) is 5.75 Å². The lowest BCUT2D eigenvalue weighted by Crippen LogP contribution is -2.30. The van der Waals surface area contributed by atoms with Crippen LogP contribution >= 0.6 is 11.8 Å². The van der Waals surface area contributed by atoms with Crippen LogP contribution in [0.3, 0.4) is 0 Å². The summed E-state index contributed by atoms with van der Waals surface area (Å²) in [4.78, 5) is 4.66. The van der Waals surface area contributed by atoms with E-state index in [1.807, 2.05) is 59.3 Å². The van der Waals surface area contributed by atoms with Crippen LogP contribution in [-0.4, -0.2) is 33.6 Å². The van der Waals surface area contributed by atoms with Gasteiger partial charge in [0.05, 0.1) is 18.6 Å². The van der Waals surface area contributed by atoms with E-state index < -0.39 is 0 Å². The number of ether oxygens (including phenoxy) is 1. The second kappa shape index (κ2) is 6.37. The predicted molar refractivity (Wildman–Crippen MR) is 95.6 cm³/mol. The van der Waals surface area contributed by atoms with Crippen LogP contribution in [0.1, 0.15) is 0 Å². The third-order valence-corrected chi connectivity index (χ3v) is 4.52. The van der Waals surface area contributed by atoms with Gasteiger partial charge in [-0.05, 0) is 24.3 Å². The maximum atomic E-state index is 5.17. The zero-order valence-electron chi connectivity index (χ0n) is 13.0. The van der Waals surface area contributed by atoms with Crippen molar-refractivity contribution in [2.75, 3.05) is 18.3 Å². The SMILES string of the molecule is COc1ccc(N=C2CSc3nnc(-c4ccccc4)n3N2)cc1. The van der Waals surface area contributed by atoms with Gasteiger partial charge in [-0.3, -0.25) is 5.43 Å². The van der Waals surface area contributed by atoms with Crippen LogP contribution in [0.2, 0.25) is 0 Å². The summed E-state index contributed by atoms with van der Waals surface area (Å²) in [5.74, 6) is 3.17. The van der Waals surface area contributed by atoms with E-state index in [9.17, 15) is 0 Å². The predicted octanol–water partition coefficient (Wildman–Crippen LogP) is 3.33. The van der Waals surface area contributed by atoms with E-state index in [0.717, 1.165) is 39.6 Å². The van der Waals surface area contributed by atoms with Crippen molar-refractivity contribution in [3.8, 4) is 17.1 Å². The number of nitrogens with one attached hydrogen (secondary N) is 1. The number of thioether (sulfide) groups is 1. The molecule has 0 unspecified atom stereocenters. The minimum Gasteiger partial charge on any atom is -0.497 e. The second-order valence-electron chi connectivity index (χ2n) is 5.16. The van der Waals surface area contributed by atoms with Crippen molar-refractivity contribution in [3.05, 3.63) is 54.6 Å². The number of hydrogen-bond acceptors (Lipinski definition) is 5. The zero-order chi connectivity index (χ0) is 16.4. The van der Waals surface area contributed by atoms with Gasteiger partial charge in [0.25, 0.3) is 0 Å². The lowest BCUT2D eigenvalue weighted by atomic mass is 10.2. The molecule has 24 heavy (non-hydrogen) atoms. The molecule has 2 heterocycles. The van der Waals surface area contributed by atoms with E-state index in [1.165, 1.54) is 0 Å². The van der Waals surface area contributed by atoms with Gasteiger partial charge in [0.15, 0.2) is 5.82 Å². The normalized spacial score (nSPS) is 15.0. The van der Waals surface area contributed by atoms with E-state index in [4.69, 9.17) is 4.74 Å². The Balaban J connectivity index is 1.63. The van der Waals surface area contributed by atoms with Gasteiger partial charge in [0.2, 0.25) is 5.16 Å². The van der Waals surface area contributed by atoms with Crippen LogP contribution in [0.4, 0.5) is 5.69 Å². The van der Waals surface area contributed by atoms with E-state index in [-0.39, 0.29) is 0 Å². The highest BCUT2D eigenvalue weighted by molar-refractivity contribution is 7.99. The standard InChI is InChI=1S/C17H15N5OS/c1-23-14-9-7-13(8-10-14)18-15-11-24-17-20-19-16(22(17)21-15)12-5-3-2-4-6-12/h2-10H,11H2,1H3,(H,18,21). The fourth-order valence-corrected chi connectivity index (χ4v) is 3.16. The van der Waals surface area contributed by atoms with Crippen molar-refractivity contribution in [1.82, 2.24) is 14.9 Å². The molecule has 0 radical (unpaired) electrons. The van der Waals surface area contributed by atoms with Crippen molar-refractivity contribution < 1.29 is 4.74 Å². The Morgan fingerprint density at radius 3 is 2.62 bits per heavy atom. The van der Waals surface area contributed by atoms with Gasteiger partial charge in [-0.15, -0.1) is 10.2 Å². The highest BCUT2D eigenvalue weighted by atomic mass is 32.2. The largest absolute Gasteiger partial charge is 0.497 e. The van der Waals surface area contributed by atoms with Crippen LogP contribution < -0.4 is 10.2 Å². The molecule has 6 nitrogen and oxygen atoms in total. The molecule has 0 bridgehead atoms. The number of aromatic nitrogens is 3. The Hall–Kier alpha value is -2.80. The molecule has 0 spiro atoms. The average Bonchev–Trinajstić information content (AvgIpc) is 3.06. The first-order chi connectivity index (χ1) is 11.8. The molecule has 0 fully saturated rings. The lowest BCUT2D eigenvalue weighted by molar-refractivity contribution is 0.415. The number of aliphatic imine (C=N–C) groups is 1. The fraction of sp³-hybridized carbons (Fsp3) is 0.118. The quantitative estimate of drug-likeness (QED) is 0.794. The Morgan fingerprint density at radius 2 is 1.88 bits per heavy atom. The van der Waals surface area contributed by atoms with Crippen molar-refractivity contribution in [2.24, 2.45) is 4.99 Å². The fourth-order valence-electron chi connectivity index (χ4n) is 2.40. The maximum Gasteiger partial charge on any atom is 0.211 e. The summed E-state index contributed by atoms with van der Waals surface area (Å²) < 4.78 is 7.05. The lowest BCUT2D eigenvalue weighted by Gasteiger charge is -2.18. The number of methoxy groups -OCH3 is 1. The number of hydrogen-bond donors (Lipinski definition) is 1. The highest BCUT2D eigenvalue weighted by Gasteiger charge is 2.20. The molecule has 1 aliphatic heterocycles. The molecule has 0 amide bonds. The summed E-state index contributed by atoms with van der Waals surface area (Å²) >= 11 is 1.61. The number of nitrogens with zero attached hydrogens (tertiary/aromatic N) is 4. The number of rotatable bonds is 3. The molecule has 0 aliphatic carbocycles. The third kappa shape index (κ3) is 2.85. The zero-order valence-corrected chi connectivity index (χ0v) is 13.8. The number of benzene rings is 2. The summed E-state index contributed by atoms with van der Waals surface area (Å²) in [5.41, 5.74) is 5.19. The highest BCUT2D eigenvalue weighted by Crippen LogP contribution is 2.26. The second-order valence-corrected chi connectivity index (χ2v) is 6.11. The molecule has 1 aliphatic rings. The molecule has 0 saturated carbocycles. The molecular weight excluding hydrogens is 322 g/mol. The van der Waals surface area contributed by atoms with Gasteiger partial charge in [0, 0.05) is 5.56 Å². The summed E-state index contributed by atoms with van der Waals surface area (Å²) in [5, 5.41) is 9.37. The molecule has 120 valence electrons. The van der Waals surface area contributed by atoms with Crippen molar-refractivity contribution in [3.63, 3.8) is 0 Å². The summed E-state index contributed by atoms with van der Waals surface area (Å²) in [6, 6.07) is 17.6. The molecule has 1 N–H and O–H groups in total. The first-order valence-electron chi connectivity index (χ1n) is 7.46. The Labute approximate surface area is 143 Å². The average molecular weight is 337 g/mol. The van der Waals surface area contributed by atoms with Gasteiger partial charge in [-0.25, -0.2) is 9.67 Å². The molecule has 0 saturated heterocycles. The molecule has 4 rings (SSSR count). The van der Waals surface area contributed by atoms with E-state index in [0.29, 0.717) is 0 Å². The number of amidine groups is 1. The van der Waals surface area contributed by atoms with Gasteiger partial charge in [-0.1, -0.05) is 42.1 Å². The molecule has 1 aromatic heterocycles. The topological polar surface area (TPSA) is 64.3 Å².